The number of hydrogen-bond donors (Lipinski definition) is 2. The predicted molar refractivity (Wildman–Crippen MR) is 68.1 cm³/mol. The zero-order valence-corrected chi connectivity index (χ0v) is 12.6. The van der Waals surface area contributed by atoms with Gasteiger partial charge in [-0.2, -0.15) is 8.78 Å². The minimum Gasteiger partial charge on any atom is -0.326 e. The second-order valence-electron chi connectivity index (χ2n) is 3.97. The topological polar surface area (TPSA) is 72.2 Å². The minimum atomic E-state index is -4.74. The first-order valence-corrected chi connectivity index (χ1v) is 7.62. The molecule has 0 amide bonds. The molecule has 1 rings (SSSR count). The molecule has 0 saturated carbocycles. The zero-order valence-electron chi connectivity index (χ0n) is 10.2. The normalized spacial score (nSPS) is 13.0. The molecule has 0 radical (unpaired) electrons. The molecule has 11 heteroatoms. The summed E-state index contributed by atoms with van der Waals surface area (Å²) in [5.41, 5.74) is 5.04. The first-order chi connectivity index (χ1) is 9.51. The maximum atomic E-state index is 13.9. The molecular weight excluding hydrogens is 387 g/mol. The monoisotopic (exact) mass is 396 g/mol. The molecule has 120 valence electrons. The molecule has 4 nitrogen and oxygen atoms in total. The predicted octanol–water partition coefficient (Wildman–Crippen LogP) is 2.23. The SMILES string of the molecule is NCc1cc(Br)cc(S(=O)(=O)NCC(F)(F)C(F)F)c1F. The van der Waals surface area contributed by atoms with Crippen molar-refractivity contribution in [2.45, 2.75) is 23.8 Å². The molecule has 0 aliphatic carbocycles. The molecule has 0 aliphatic rings. The molecule has 0 fully saturated rings. The molecule has 1 aromatic carbocycles. The Balaban J connectivity index is 3.12. The van der Waals surface area contributed by atoms with E-state index in [1.807, 2.05) is 0 Å². The smallest absolute Gasteiger partial charge is 0.320 e. The van der Waals surface area contributed by atoms with E-state index in [1.165, 1.54) is 10.8 Å². The van der Waals surface area contributed by atoms with Gasteiger partial charge in [-0.25, -0.2) is 26.3 Å². The van der Waals surface area contributed by atoms with Crippen molar-refractivity contribution in [2.24, 2.45) is 5.73 Å². The van der Waals surface area contributed by atoms with Crippen molar-refractivity contribution in [3.63, 3.8) is 0 Å². The zero-order chi connectivity index (χ0) is 16.4. The van der Waals surface area contributed by atoms with Gasteiger partial charge < -0.3 is 5.73 Å². The summed E-state index contributed by atoms with van der Waals surface area (Å²) in [4.78, 5) is -0.956. The van der Waals surface area contributed by atoms with Crippen molar-refractivity contribution < 1.29 is 30.4 Å². The quantitative estimate of drug-likeness (QED) is 0.724. The number of halogens is 6. The van der Waals surface area contributed by atoms with Gasteiger partial charge in [-0.3, -0.25) is 0 Å². The van der Waals surface area contributed by atoms with Gasteiger partial charge in [0.25, 0.3) is 0 Å². The summed E-state index contributed by atoms with van der Waals surface area (Å²) in [6.45, 7) is -2.18. The number of nitrogens with two attached hydrogens (primary N) is 1. The second kappa shape index (κ2) is 6.55. The number of nitrogens with one attached hydrogen (secondary N) is 1. The van der Waals surface area contributed by atoms with E-state index in [9.17, 15) is 30.4 Å². The lowest BCUT2D eigenvalue weighted by Crippen LogP contribution is -2.41. The van der Waals surface area contributed by atoms with Crippen LogP contribution in [0.4, 0.5) is 22.0 Å². The van der Waals surface area contributed by atoms with Crippen LogP contribution in [0.1, 0.15) is 5.56 Å². The number of alkyl halides is 4. The van der Waals surface area contributed by atoms with Crippen LogP contribution >= 0.6 is 15.9 Å². The highest BCUT2D eigenvalue weighted by atomic mass is 79.9. The van der Waals surface area contributed by atoms with Crippen molar-refractivity contribution in [2.75, 3.05) is 6.54 Å². The molecule has 0 saturated heterocycles. The van der Waals surface area contributed by atoms with E-state index in [-0.39, 0.29) is 16.6 Å². The van der Waals surface area contributed by atoms with Crippen molar-refractivity contribution in [3.05, 3.63) is 28.0 Å². The molecule has 21 heavy (non-hydrogen) atoms. The molecule has 0 aromatic heterocycles. The molecule has 0 atom stereocenters. The molecule has 0 heterocycles. The van der Waals surface area contributed by atoms with Gasteiger partial charge in [0, 0.05) is 16.6 Å². The average Bonchev–Trinajstić information content (AvgIpc) is 2.38. The summed E-state index contributed by atoms with van der Waals surface area (Å²) in [5.74, 6) is -5.79. The third-order valence-corrected chi connectivity index (χ3v) is 4.26. The van der Waals surface area contributed by atoms with Crippen LogP contribution in [0.2, 0.25) is 0 Å². The van der Waals surface area contributed by atoms with Crippen LogP contribution in [0, 0.1) is 5.82 Å². The van der Waals surface area contributed by atoms with E-state index in [2.05, 4.69) is 15.9 Å². The van der Waals surface area contributed by atoms with Gasteiger partial charge in [0.1, 0.15) is 10.7 Å². The summed E-state index contributed by atoms with van der Waals surface area (Å²) in [7, 11) is -4.74. The van der Waals surface area contributed by atoms with E-state index in [1.54, 1.807) is 0 Å². The van der Waals surface area contributed by atoms with Gasteiger partial charge in [-0.05, 0) is 12.1 Å². The molecule has 0 spiro atoms. The van der Waals surface area contributed by atoms with Gasteiger partial charge in [0.15, 0.2) is 0 Å². The summed E-state index contributed by atoms with van der Waals surface area (Å²) in [6, 6.07) is 2.03. The van der Waals surface area contributed by atoms with Gasteiger partial charge >= 0.3 is 12.3 Å². The maximum Gasteiger partial charge on any atom is 0.320 e. The lowest BCUT2D eigenvalue weighted by Gasteiger charge is -2.16. The highest BCUT2D eigenvalue weighted by molar-refractivity contribution is 9.10. The number of rotatable bonds is 6. The number of benzene rings is 1. The first-order valence-electron chi connectivity index (χ1n) is 5.35. The van der Waals surface area contributed by atoms with E-state index >= 15 is 0 Å². The van der Waals surface area contributed by atoms with Crippen molar-refractivity contribution in [1.29, 1.82) is 0 Å². The largest absolute Gasteiger partial charge is 0.326 e. The summed E-state index contributed by atoms with van der Waals surface area (Å²) in [6.07, 6.45) is -4.05. The average molecular weight is 397 g/mol. The Morgan fingerprint density at radius 2 is 1.90 bits per heavy atom. The Hall–Kier alpha value is -0.780. The van der Waals surface area contributed by atoms with Crippen LogP contribution in [0.15, 0.2) is 21.5 Å². The number of sulfonamides is 1. The summed E-state index contributed by atoms with van der Waals surface area (Å²) < 4.78 is 88.1. The van der Waals surface area contributed by atoms with Crippen LogP contribution in [-0.4, -0.2) is 27.3 Å². The van der Waals surface area contributed by atoms with Gasteiger partial charge in [-0.1, -0.05) is 15.9 Å². The highest BCUT2D eigenvalue weighted by Gasteiger charge is 2.41. The Morgan fingerprint density at radius 1 is 1.33 bits per heavy atom. The first kappa shape index (κ1) is 18.3. The fraction of sp³-hybridized carbons (Fsp3) is 0.400. The van der Waals surface area contributed by atoms with Gasteiger partial charge in [0.2, 0.25) is 10.0 Å². The second-order valence-corrected chi connectivity index (χ2v) is 6.62. The van der Waals surface area contributed by atoms with E-state index in [0.717, 1.165) is 6.07 Å². The summed E-state index contributed by atoms with van der Waals surface area (Å²) in [5, 5.41) is 0. The van der Waals surface area contributed by atoms with E-state index < -0.39 is 39.6 Å². The molecule has 0 bridgehead atoms. The Labute approximate surface area is 125 Å². The maximum absolute atomic E-state index is 13.9. The standard InChI is InChI=1S/C10H10BrF5N2O2S/c11-6-1-5(3-17)8(12)7(2-6)21(19,20)18-4-10(15,16)9(13)14/h1-2,9,18H,3-4,17H2. The Kier molecular flexibility index (Phi) is 5.69. The fourth-order valence-corrected chi connectivity index (χ4v) is 3.15. The number of hydrogen-bond acceptors (Lipinski definition) is 3. The van der Waals surface area contributed by atoms with Crippen LogP contribution < -0.4 is 10.5 Å². The van der Waals surface area contributed by atoms with Crippen molar-refractivity contribution >= 4 is 26.0 Å². The van der Waals surface area contributed by atoms with Crippen LogP contribution in [0.25, 0.3) is 0 Å². The molecule has 3 N–H and O–H groups in total. The Morgan fingerprint density at radius 3 is 2.38 bits per heavy atom. The van der Waals surface area contributed by atoms with Gasteiger partial charge in [-0.15, -0.1) is 0 Å². The molecule has 1 aromatic rings. The third kappa shape index (κ3) is 4.34. The van der Waals surface area contributed by atoms with Crippen LogP contribution in [0.3, 0.4) is 0 Å². The van der Waals surface area contributed by atoms with E-state index in [4.69, 9.17) is 5.73 Å². The molecular formula is C10H10BrF5N2O2S. The molecule has 0 unspecified atom stereocenters. The lowest BCUT2D eigenvalue weighted by molar-refractivity contribution is -0.122. The minimum absolute atomic E-state index is 0.144. The van der Waals surface area contributed by atoms with Crippen molar-refractivity contribution in [3.8, 4) is 0 Å². The highest BCUT2D eigenvalue weighted by Crippen LogP contribution is 2.26. The molecule has 0 aliphatic heterocycles. The summed E-state index contributed by atoms with van der Waals surface area (Å²) >= 11 is 2.91. The third-order valence-electron chi connectivity index (χ3n) is 2.41. The fourth-order valence-electron chi connectivity index (χ4n) is 1.31. The van der Waals surface area contributed by atoms with Crippen LogP contribution in [-0.2, 0) is 16.6 Å². The van der Waals surface area contributed by atoms with Gasteiger partial charge in [0.05, 0.1) is 6.54 Å². The van der Waals surface area contributed by atoms with E-state index in [0.29, 0.717) is 0 Å². The van der Waals surface area contributed by atoms with Crippen LogP contribution in [0.5, 0.6) is 0 Å². The van der Waals surface area contributed by atoms with Crippen molar-refractivity contribution in [1.82, 2.24) is 4.72 Å². The lowest BCUT2D eigenvalue weighted by atomic mass is 10.2. The Bertz CT molecular complexity index is 624.